The van der Waals surface area contributed by atoms with Gasteiger partial charge in [0, 0.05) is 26.2 Å². The molecule has 0 radical (unpaired) electrons. The number of nitrogens with zero attached hydrogens (tertiary/aromatic N) is 1. The second-order valence-electron chi connectivity index (χ2n) is 8.03. The number of hydrogen-bond donors (Lipinski definition) is 1. The zero-order valence-electron chi connectivity index (χ0n) is 17.1. The zero-order valence-corrected chi connectivity index (χ0v) is 17.1. The molecule has 0 aromatic heterocycles. The van der Waals surface area contributed by atoms with E-state index < -0.39 is 0 Å². The molecule has 0 saturated carbocycles. The van der Waals surface area contributed by atoms with E-state index in [0.29, 0.717) is 18.9 Å². The molecule has 1 saturated heterocycles. The molecule has 0 aliphatic carbocycles. The van der Waals surface area contributed by atoms with E-state index in [1.54, 1.807) is 0 Å². The number of ether oxygens (including phenoxy) is 1. The fourth-order valence-corrected chi connectivity index (χ4v) is 3.59. The summed E-state index contributed by atoms with van der Waals surface area (Å²) >= 11 is 0. The van der Waals surface area contributed by atoms with Crippen molar-refractivity contribution in [3.8, 4) is 0 Å². The third-order valence-corrected chi connectivity index (χ3v) is 5.12. The predicted octanol–water partition coefficient (Wildman–Crippen LogP) is 3.58. The first kappa shape index (κ1) is 20.6. The van der Waals surface area contributed by atoms with Crippen molar-refractivity contribution in [3.05, 3.63) is 70.8 Å². The van der Waals surface area contributed by atoms with Gasteiger partial charge >= 0.3 is 0 Å². The number of carbonyl (C=O) groups excluding carboxylic acids is 1. The van der Waals surface area contributed by atoms with Crippen molar-refractivity contribution in [2.24, 2.45) is 5.92 Å². The van der Waals surface area contributed by atoms with Crippen LogP contribution in [0, 0.1) is 5.92 Å². The molecule has 1 aliphatic rings. The monoisotopic (exact) mass is 380 g/mol. The highest BCUT2D eigenvalue weighted by Gasteiger charge is 2.13. The Balaban J connectivity index is 1.51. The molecule has 4 nitrogen and oxygen atoms in total. The van der Waals surface area contributed by atoms with E-state index in [9.17, 15) is 4.79 Å². The summed E-state index contributed by atoms with van der Waals surface area (Å²) in [6.07, 6.45) is 1.50. The van der Waals surface area contributed by atoms with Crippen molar-refractivity contribution in [2.75, 3.05) is 26.3 Å². The minimum Gasteiger partial charge on any atom is -0.379 e. The molecule has 1 fully saturated rings. The molecular formula is C24H32N2O2. The van der Waals surface area contributed by atoms with E-state index in [2.05, 4.69) is 66.5 Å². The SMILES string of the molecule is CC(C)Cc1ccc(CC(=O)NCc2ccccc2CN2CCOCC2)cc1. The maximum absolute atomic E-state index is 12.4. The van der Waals surface area contributed by atoms with Gasteiger partial charge in [0.15, 0.2) is 0 Å². The molecule has 28 heavy (non-hydrogen) atoms. The predicted molar refractivity (Wildman–Crippen MR) is 113 cm³/mol. The van der Waals surface area contributed by atoms with Gasteiger partial charge in [-0.2, -0.15) is 0 Å². The molecule has 1 heterocycles. The van der Waals surface area contributed by atoms with Crippen molar-refractivity contribution in [2.45, 2.75) is 39.8 Å². The van der Waals surface area contributed by atoms with Gasteiger partial charge in [-0.1, -0.05) is 62.4 Å². The van der Waals surface area contributed by atoms with Gasteiger partial charge in [0.1, 0.15) is 0 Å². The van der Waals surface area contributed by atoms with Crippen molar-refractivity contribution in [1.82, 2.24) is 10.2 Å². The molecule has 2 aromatic carbocycles. The van der Waals surface area contributed by atoms with Gasteiger partial charge in [0.25, 0.3) is 0 Å². The Morgan fingerprint density at radius 3 is 2.32 bits per heavy atom. The zero-order chi connectivity index (χ0) is 19.8. The molecule has 0 atom stereocenters. The van der Waals surface area contributed by atoms with Crippen molar-refractivity contribution >= 4 is 5.91 Å². The lowest BCUT2D eigenvalue weighted by atomic mass is 10.0. The molecule has 3 rings (SSSR count). The number of benzene rings is 2. The highest BCUT2D eigenvalue weighted by molar-refractivity contribution is 5.78. The third kappa shape index (κ3) is 6.47. The highest BCUT2D eigenvalue weighted by atomic mass is 16.5. The summed E-state index contributed by atoms with van der Waals surface area (Å²) in [4.78, 5) is 14.8. The van der Waals surface area contributed by atoms with Gasteiger partial charge in [0.2, 0.25) is 5.91 Å². The van der Waals surface area contributed by atoms with Gasteiger partial charge in [0.05, 0.1) is 19.6 Å². The normalized spacial score (nSPS) is 15.0. The summed E-state index contributed by atoms with van der Waals surface area (Å²) in [7, 11) is 0. The molecule has 150 valence electrons. The Kier molecular flexibility index (Phi) is 7.63. The molecule has 4 heteroatoms. The van der Waals surface area contributed by atoms with Crippen LogP contribution in [0.5, 0.6) is 0 Å². The summed E-state index contributed by atoms with van der Waals surface area (Å²) in [5.74, 6) is 0.712. The maximum atomic E-state index is 12.4. The Labute approximate surface area is 168 Å². The van der Waals surface area contributed by atoms with E-state index in [1.165, 1.54) is 16.7 Å². The minimum absolute atomic E-state index is 0.0674. The maximum Gasteiger partial charge on any atom is 0.224 e. The number of amides is 1. The van der Waals surface area contributed by atoms with Crippen LogP contribution in [0.2, 0.25) is 0 Å². The lowest BCUT2D eigenvalue weighted by molar-refractivity contribution is -0.120. The van der Waals surface area contributed by atoms with Gasteiger partial charge in [-0.25, -0.2) is 0 Å². The smallest absolute Gasteiger partial charge is 0.224 e. The highest BCUT2D eigenvalue weighted by Crippen LogP contribution is 2.14. The van der Waals surface area contributed by atoms with Crippen LogP contribution in [0.4, 0.5) is 0 Å². The molecule has 1 aliphatic heterocycles. The van der Waals surface area contributed by atoms with Crippen LogP contribution >= 0.6 is 0 Å². The molecule has 1 N–H and O–H groups in total. The Hall–Kier alpha value is -2.17. The number of morpholine rings is 1. The number of carbonyl (C=O) groups is 1. The van der Waals surface area contributed by atoms with Crippen LogP contribution in [0.15, 0.2) is 48.5 Å². The van der Waals surface area contributed by atoms with Crippen molar-refractivity contribution < 1.29 is 9.53 Å². The standard InChI is InChI=1S/C24H32N2O2/c1-19(2)15-20-7-9-21(10-8-20)16-24(27)25-17-22-5-3-4-6-23(22)18-26-11-13-28-14-12-26/h3-10,19H,11-18H2,1-2H3,(H,25,27). The summed E-state index contributed by atoms with van der Waals surface area (Å²) in [5.41, 5.74) is 4.86. The van der Waals surface area contributed by atoms with Crippen molar-refractivity contribution in [3.63, 3.8) is 0 Å². The van der Waals surface area contributed by atoms with Crippen LogP contribution in [0.3, 0.4) is 0 Å². The van der Waals surface area contributed by atoms with E-state index in [1.807, 2.05) is 6.07 Å². The number of nitrogens with one attached hydrogen (secondary N) is 1. The molecule has 0 bridgehead atoms. The fraction of sp³-hybridized carbons (Fsp3) is 0.458. The summed E-state index contributed by atoms with van der Waals surface area (Å²) in [6, 6.07) is 16.8. The summed E-state index contributed by atoms with van der Waals surface area (Å²) in [5, 5.41) is 3.09. The van der Waals surface area contributed by atoms with Crippen LogP contribution in [0.25, 0.3) is 0 Å². The first-order chi connectivity index (χ1) is 13.6. The average molecular weight is 381 g/mol. The number of rotatable bonds is 8. The quantitative estimate of drug-likeness (QED) is 0.761. The topological polar surface area (TPSA) is 41.6 Å². The van der Waals surface area contributed by atoms with Crippen LogP contribution in [0.1, 0.15) is 36.1 Å². The largest absolute Gasteiger partial charge is 0.379 e. The first-order valence-corrected chi connectivity index (χ1v) is 10.3. The molecular weight excluding hydrogens is 348 g/mol. The van der Waals surface area contributed by atoms with Crippen LogP contribution in [-0.2, 0) is 35.5 Å². The van der Waals surface area contributed by atoms with E-state index in [0.717, 1.165) is 44.8 Å². The number of hydrogen-bond acceptors (Lipinski definition) is 3. The van der Waals surface area contributed by atoms with E-state index in [4.69, 9.17) is 4.74 Å². The molecule has 2 aromatic rings. The van der Waals surface area contributed by atoms with Gasteiger partial charge < -0.3 is 10.1 Å². The Bertz CT molecular complexity index is 749. The fourth-order valence-electron chi connectivity index (χ4n) is 3.59. The average Bonchev–Trinajstić information content (AvgIpc) is 2.69. The van der Waals surface area contributed by atoms with Crippen LogP contribution in [-0.4, -0.2) is 37.1 Å². The molecule has 0 unspecified atom stereocenters. The Morgan fingerprint density at radius 2 is 1.64 bits per heavy atom. The second kappa shape index (κ2) is 10.4. The third-order valence-electron chi connectivity index (χ3n) is 5.12. The lowest BCUT2D eigenvalue weighted by Gasteiger charge is -2.27. The van der Waals surface area contributed by atoms with Crippen LogP contribution < -0.4 is 5.32 Å². The lowest BCUT2D eigenvalue weighted by Crippen LogP contribution is -2.36. The molecule has 0 spiro atoms. The van der Waals surface area contributed by atoms with E-state index >= 15 is 0 Å². The van der Waals surface area contributed by atoms with E-state index in [-0.39, 0.29) is 5.91 Å². The summed E-state index contributed by atoms with van der Waals surface area (Å²) < 4.78 is 5.43. The van der Waals surface area contributed by atoms with Gasteiger partial charge in [-0.3, -0.25) is 9.69 Å². The molecule has 1 amide bonds. The minimum atomic E-state index is 0.0674. The summed E-state index contributed by atoms with van der Waals surface area (Å²) in [6.45, 7) is 9.46. The second-order valence-corrected chi connectivity index (χ2v) is 8.03. The van der Waals surface area contributed by atoms with Gasteiger partial charge in [-0.15, -0.1) is 0 Å². The first-order valence-electron chi connectivity index (χ1n) is 10.3. The Morgan fingerprint density at radius 1 is 1.00 bits per heavy atom. The van der Waals surface area contributed by atoms with Gasteiger partial charge in [-0.05, 0) is 34.6 Å². The van der Waals surface area contributed by atoms with Crippen molar-refractivity contribution in [1.29, 1.82) is 0 Å².